The molecule has 73 heavy (non-hydrogen) atoms. The lowest BCUT2D eigenvalue weighted by molar-refractivity contribution is -0.166. The van der Waals surface area contributed by atoms with E-state index < -0.39 is 12.1 Å². The van der Waals surface area contributed by atoms with Gasteiger partial charge < -0.3 is 14.2 Å². The third kappa shape index (κ3) is 58.1. The third-order valence-electron chi connectivity index (χ3n) is 11.8. The molecule has 6 heteroatoms. The molecule has 0 aromatic carbocycles. The normalized spacial score (nSPS) is 13.2. The number of allylic oxidation sites excluding steroid dienone is 23. The summed E-state index contributed by atoms with van der Waals surface area (Å²) in [5.74, 6) is -1.08. The molecule has 0 rings (SSSR count). The average Bonchev–Trinajstić information content (AvgIpc) is 3.39. The van der Waals surface area contributed by atoms with E-state index in [4.69, 9.17) is 14.2 Å². The van der Waals surface area contributed by atoms with Gasteiger partial charge in [0.05, 0.1) is 6.42 Å². The van der Waals surface area contributed by atoms with Crippen molar-refractivity contribution in [3.63, 3.8) is 0 Å². The maximum Gasteiger partial charge on any atom is 0.310 e. The number of carbonyl (C=O) groups excluding carboxylic acids is 3. The Hall–Kier alpha value is -4.71. The fourth-order valence-electron chi connectivity index (χ4n) is 7.52. The van der Waals surface area contributed by atoms with Gasteiger partial charge in [-0.1, -0.05) is 250 Å². The summed E-state index contributed by atoms with van der Waals surface area (Å²) >= 11 is 0. The van der Waals surface area contributed by atoms with Gasteiger partial charge in [0.15, 0.2) is 6.10 Å². The summed E-state index contributed by atoms with van der Waals surface area (Å²) in [6, 6.07) is 0. The van der Waals surface area contributed by atoms with E-state index in [0.29, 0.717) is 19.3 Å². The van der Waals surface area contributed by atoms with Crippen molar-refractivity contribution >= 4 is 17.9 Å². The van der Waals surface area contributed by atoms with Crippen molar-refractivity contribution in [3.8, 4) is 0 Å². The van der Waals surface area contributed by atoms with Crippen LogP contribution < -0.4 is 0 Å². The minimum absolute atomic E-state index is 0.0874. The van der Waals surface area contributed by atoms with Crippen LogP contribution >= 0.6 is 0 Å². The summed E-state index contributed by atoms with van der Waals surface area (Å²) in [6.45, 7) is 6.24. The molecule has 0 fully saturated rings. The van der Waals surface area contributed by atoms with Crippen molar-refractivity contribution in [1.29, 1.82) is 0 Å². The van der Waals surface area contributed by atoms with Crippen LogP contribution in [-0.2, 0) is 28.6 Å². The molecule has 0 spiro atoms. The summed E-state index contributed by atoms with van der Waals surface area (Å²) in [5.41, 5.74) is 0. The zero-order chi connectivity index (χ0) is 52.9. The van der Waals surface area contributed by atoms with Gasteiger partial charge in [-0.15, -0.1) is 0 Å². The van der Waals surface area contributed by atoms with Crippen molar-refractivity contribution < 1.29 is 28.6 Å². The topological polar surface area (TPSA) is 78.9 Å². The third-order valence-corrected chi connectivity index (χ3v) is 11.8. The molecule has 0 aliphatic rings. The molecule has 0 aromatic heterocycles. The van der Waals surface area contributed by atoms with Crippen molar-refractivity contribution in [2.24, 2.45) is 0 Å². The predicted octanol–water partition coefficient (Wildman–Crippen LogP) is 20.0. The van der Waals surface area contributed by atoms with Gasteiger partial charge in [0.1, 0.15) is 13.2 Å². The highest BCUT2D eigenvalue weighted by Crippen LogP contribution is 2.14. The first-order valence-electron chi connectivity index (χ1n) is 29.3. The van der Waals surface area contributed by atoms with Crippen LogP contribution in [0.3, 0.4) is 0 Å². The highest BCUT2D eigenvalue weighted by Gasteiger charge is 2.19. The molecule has 0 heterocycles. The van der Waals surface area contributed by atoms with Crippen molar-refractivity contribution in [3.05, 3.63) is 146 Å². The number of unbranched alkanes of at least 4 members (excludes halogenated alkanes) is 17. The van der Waals surface area contributed by atoms with Crippen LogP contribution in [0.5, 0.6) is 0 Å². The quantitative estimate of drug-likeness (QED) is 0.0261. The average molecular weight is 1010 g/mol. The molecule has 0 aliphatic heterocycles. The SMILES string of the molecule is CC/C=C\C/C=C\C/C=C\C/C=C\C/C=C\CCCCCCCCCCCCCC(=O)OCC(COC(=O)CCCCCCC/C=C\C/C=C\CCC)OC(=O)C/C=C\C/C=C\C/C=C\C/C=C\C/C=C\CC. The summed E-state index contributed by atoms with van der Waals surface area (Å²) in [5, 5.41) is 0. The molecule has 0 saturated carbocycles. The Morgan fingerprint density at radius 2 is 0.575 bits per heavy atom. The Balaban J connectivity index is 4.39. The molecule has 1 atom stereocenters. The molecule has 0 saturated heterocycles. The summed E-state index contributed by atoms with van der Waals surface area (Å²) in [4.78, 5) is 38.1. The van der Waals surface area contributed by atoms with Gasteiger partial charge in [-0.2, -0.15) is 0 Å². The minimum atomic E-state index is -0.845. The van der Waals surface area contributed by atoms with E-state index in [9.17, 15) is 14.4 Å². The van der Waals surface area contributed by atoms with E-state index >= 15 is 0 Å². The van der Waals surface area contributed by atoms with Crippen LogP contribution in [0.1, 0.15) is 239 Å². The second kappa shape index (κ2) is 59.8. The van der Waals surface area contributed by atoms with Crippen LogP contribution in [0.2, 0.25) is 0 Å². The number of rotatable bonds is 51. The number of esters is 3. The standard InChI is InChI=1S/C67H106O6/c1-4-7-10-13-16-19-22-25-27-28-29-30-31-32-33-34-35-36-37-38-40-42-45-48-51-54-57-60-66(69)72-63-64(62-71-65(68)59-56-53-50-47-44-41-24-21-18-15-12-9-6-3)73-67(70)61-58-55-52-49-46-43-39-26-23-20-17-14-11-8-5-2/h7-8,10-12,15-17,19-21,24-27,29-30,32-33,39,46,49,55,58,64H,4-6,9,13-14,18,22-23,28,31,34-38,40-45,47-48,50-54,56-57,59-63H2,1-3H3/b10-7-,11-8-,15-12-,19-16-,20-17-,24-21-,27-25-,30-29-,33-32-,39-26-,49-46-,58-55-. The van der Waals surface area contributed by atoms with Crippen LogP contribution in [0.15, 0.2) is 146 Å². The Morgan fingerprint density at radius 3 is 0.904 bits per heavy atom. The molecular weight excluding hydrogens is 901 g/mol. The Bertz CT molecular complexity index is 1630. The summed E-state index contributed by atoms with van der Waals surface area (Å²) in [6.07, 6.45) is 85.9. The van der Waals surface area contributed by atoms with E-state index in [1.807, 2.05) is 6.08 Å². The summed E-state index contributed by atoms with van der Waals surface area (Å²) < 4.78 is 16.7. The number of ether oxygens (including phenoxy) is 3. The molecule has 1 unspecified atom stereocenters. The van der Waals surface area contributed by atoms with E-state index in [1.54, 1.807) is 6.08 Å². The highest BCUT2D eigenvalue weighted by molar-refractivity contribution is 5.72. The second-order valence-electron chi connectivity index (χ2n) is 18.8. The number of carbonyl (C=O) groups is 3. The Morgan fingerprint density at radius 1 is 0.301 bits per heavy atom. The zero-order valence-corrected chi connectivity index (χ0v) is 46.8. The van der Waals surface area contributed by atoms with Gasteiger partial charge in [0, 0.05) is 12.8 Å². The monoisotopic (exact) mass is 1010 g/mol. The first-order valence-corrected chi connectivity index (χ1v) is 29.3. The first kappa shape index (κ1) is 68.3. The highest BCUT2D eigenvalue weighted by atomic mass is 16.6. The van der Waals surface area contributed by atoms with Gasteiger partial charge in [-0.05, 0) is 116 Å². The van der Waals surface area contributed by atoms with Gasteiger partial charge in [0.2, 0.25) is 0 Å². The maximum atomic E-state index is 12.8. The fourth-order valence-corrected chi connectivity index (χ4v) is 7.52. The van der Waals surface area contributed by atoms with E-state index in [1.165, 1.54) is 64.2 Å². The molecule has 0 bridgehead atoms. The van der Waals surface area contributed by atoms with Crippen molar-refractivity contribution in [2.45, 2.75) is 245 Å². The Kier molecular flexibility index (Phi) is 56.0. The van der Waals surface area contributed by atoms with Gasteiger partial charge in [-0.3, -0.25) is 14.4 Å². The molecule has 0 aromatic rings. The smallest absolute Gasteiger partial charge is 0.310 e. The van der Waals surface area contributed by atoms with Crippen LogP contribution in [0, 0.1) is 0 Å². The van der Waals surface area contributed by atoms with Gasteiger partial charge in [-0.25, -0.2) is 0 Å². The maximum absolute atomic E-state index is 12.8. The molecule has 0 aliphatic carbocycles. The molecule has 0 amide bonds. The summed E-state index contributed by atoms with van der Waals surface area (Å²) in [7, 11) is 0. The lowest BCUT2D eigenvalue weighted by Gasteiger charge is -2.18. The Labute approximate surface area is 448 Å². The van der Waals surface area contributed by atoms with Crippen molar-refractivity contribution in [1.82, 2.24) is 0 Å². The second-order valence-corrected chi connectivity index (χ2v) is 18.8. The number of hydrogen-bond acceptors (Lipinski definition) is 6. The molecule has 0 N–H and O–H groups in total. The molecule has 6 nitrogen and oxygen atoms in total. The van der Waals surface area contributed by atoms with Crippen molar-refractivity contribution in [2.75, 3.05) is 13.2 Å². The number of hydrogen-bond donors (Lipinski definition) is 0. The lowest BCUT2D eigenvalue weighted by atomic mass is 10.0. The largest absolute Gasteiger partial charge is 0.462 e. The lowest BCUT2D eigenvalue weighted by Crippen LogP contribution is -2.30. The van der Waals surface area contributed by atoms with Gasteiger partial charge in [0.25, 0.3) is 0 Å². The fraction of sp³-hybridized carbons (Fsp3) is 0.597. The minimum Gasteiger partial charge on any atom is -0.462 e. The molecule has 0 radical (unpaired) electrons. The van der Waals surface area contributed by atoms with Crippen LogP contribution in [0.25, 0.3) is 0 Å². The van der Waals surface area contributed by atoms with Crippen LogP contribution in [-0.4, -0.2) is 37.2 Å². The van der Waals surface area contributed by atoms with E-state index in [2.05, 4.69) is 154 Å². The van der Waals surface area contributed by atoms with Gasteiger partial charge >= 0.3 is 17.9 Å². The molecule has 410 valence electrons. The molecular formula is C67H106O6. The predicted molar refractivity (Wildman–Crippen MR) is 315 cm³/mol. The first-order chi connectivity index (χ1) is 36.0. The van der Waals surface area contributed by atoms with E-state index in [0.717, 1.165) is 128 Å². The van der Waals surface area contributed by atoms with E-state index in [-0.39, 0.29) is 31.6 Å². The zero-order valence-electron chi connectivity index (χ0n) is 46.8. The van der Waals surface area contributed by atoms with Crippen LogP contribution in [0.4, 0.5) is 0 Å².